The fourth-order valence-corrected chi connectivity index (χ4v) is 4.40. The van der Waals surface area contributed by atoms with Gasteiger partial charge in [0.15, 0.2) is 0 Å². The normalized spacial score (nSPS) is 11.0. The summed E-state index contributed by atoms with van der Waals surface area (Å²) in [6.07, 6.45) is 0. The third kappa shape index (κ3) is 5.86. The van der Waals surface area contributed by atoms with Crippen molar-refractivity contribution in [1.29, 1.82) is 0 Å². The third-order valence-electron chi connectivity index (χ3n) is 2.16. The number of thiol groups is 2. The maximum absolute atomic E-state index is 5.43. The van der Waals surface area contributed by atoms with E-state index < -0.39 is 8.60 Å². The molecule has 3 nitrogen and oxygen atoms in total. The molecule has 2 aromatic rings. The zero-order chi connectivity index (χ0) is 15.1. The molecule has 0 spiro atoms. The maximum atomic E-state index is 5.43. The average Bonchev–Trinajstić information content (AvgIpc) is 2.50. The largest absolute Gasteiger partial charge is 0.375 e. The molecule has 0 bridgehead atoms. The lowest BCUT2D eigenvalue weighted by Crippen LogP contribution is -1.81. The van der Waals surface area contributed by atoms with E-state index >= 15 is 0 Å². The molecule has 0 fully saturated rings. The Morgan fingerprint density at radius 3 is 1.62 bits per heavy atom. The van der Waals surface area contributed by atoms with Gasteiger partial charge in [0.25, 0.3) is 0 Å². The summed E-state index contributed by atoms with van der Waals surface area (Å²) < 4.78 is 15.5. The summed E-state index contributed by atoms with van der Waals surface area (Å²) in [6, 6.07) is 15.1. The summed E-state index contributed by atoms with van der Waals surface area (Å²) in [7, 11) is -1.71. The van der Waals surface area contributed by atoms with Crippen molar-refractivity contribution in [2.75, 3.05) is 0 Å². The Morgan fingerprint density at radius 2 is 1.24 bits per heavy atom. The van der Waals surface area contributed by atoms with E-state index in [-0.39, 0.29) is 0 Å². The fraction of sp³-hybridized carbons (Fsp3) is 0. The summed E-state index contributed by atoms with van der Waals surface area (Å²) in [5, 5.41) is 0. The van der Waals surface area contributed by atoms with Crippen molar-refractivity contribution in [2.24, 2.45) is 0 Å². The van der Waals surface area contributed by atoms with E-state index in [2.05, 4.69) is 29.3 Å². The summed E-state index contributed by atoms with van der Waals surface area (Å²) >= 11 is 16.3. The molecule has 0 amide bonds. The molecule has 0 aliphatic rings. The van der Waals surface area contributed by atoms with E-state index in [0.717, 1.165) is 43.7 Å². The van der Waals surface area contributed by atoms with Crippen LogP contribution in [0.4, 0.5) is 0 Å². The van der Waals surface area contributed by atoms with Gasteiger partial charge in [-0.15, -0.1) is 25.3 Å². The fourth-order valence-electron chi connectivity index (χ4n) is 1.23. The van der Waals surface area contributed by atoms with Crippen LogP contribution in [0, 0.1) is 0 Å². The van der Waals surface area contributed by atoms with Crippen LogP contribution in [-0.4, -0.2) is 0 Å². The van der Waals surface area contributed by atoms with Gasteiger partial charge in [-0.05, 0) is 24.3 Å². The highest BCUT2D eigenvalue weighted by Gasteiger charge is 2.16. The third-order valence-corrected chi connectivity index (χ3v) is 6.34. The Kier molecular flexibility index (Phi) is 8.09. The molecule has 9 heteroatoms. The van der Waals surface area contributed by atoms with Gasteiger partial charge < -0.3 is 0 Å². The van der Waals surface area contributed by atoms with Crippen LogP contribution in [0.15, 0.2) is 68.1 Å². The van der Waals surface area contributed by atoms with E-state index in [1.54, 1.807) is 0 Å². The van der Waals surface area contributed by atoms with Crippen LogP contribution in [0.2, 0.25) is 0 Å². The molecule has 0 aromatic heterocycles. The van der Waals surface area contributed by atoms with Crippen molar-refractivity contribution in [1.82, 2.24) is 0 Å². The molecule has 0 aliphatic carbocycles. The molecule has 0 N–H and O–H groups in total. The predicted octanol–water partition coefficient (Wildman–Crippen LogP) is 6.41. The molecule has 112 valence electrons. The van der Waals surface area contributed by atoms with Crippen molar-refractivity contribution in [3.05, 3.63) is 48.5 Å². The molecule has 2 rings (SSSR count). The van der Waals surface area contributed by atoms with Gasteiger partial charge in [0, 0.05) is 43.7 Å². The summed E-state index contributed by atoms with van der Waals surface area (Å²) in [6.45, 7) is 0. The molecule has 0 unspecified atom stereocenters. The Labute approximate surface area is 149 Å². The quantitative estimate of drug-likeness (QED) is 0.320. The topological polar surface area (TPSA) is 27.7 Å². The first-order valence-electron chi connectivity index (χ1n) is 5.55. The molecule has 0 heterocycles. The highest BCUT2D eigenvalue weighted by molar-refractivity contribution is 8.01. The molecule has 2 aromatic carbocycles. The Morgan fingerprint density at radius 1 is 0.810 bits per heavy atom. The minimum atomic E-state index is -1.71. The average molecular weight is 397 g/mol. The molecular weight excluding hydrogens is 387 g/mol. The zero-order valence-electron chi connectivity index (χ0n) is 10.4. The number of halogens is 1. The van der Waals surface area contributed by atoms with Crippen LogP contribution in [0.5, 0.6) is 0 Å². The van der Waals surface area contributed by atoms with Gasteiger partial charge in [0.1, 0.15) is 0 Å². The highest BCUT2D eigenvalue weighted by Crippen LogP contribution is 2.52. The molecular formula is C12H10ClO3PS4. The Balaban J connectivity index is 1.86. The van der Waals surface area contributed by atoms with Crippen LogP contribution in [0.25, 0.3) is 0 Å². The SMILES string of the molecule is Sc1ccccc1SOP(OCl)OSc1ccccc1S. The predicted molar refractivity (Wildman–Crippen MR) is 95.1 cm³/mol. The summed E-state index contributed by atoms with van der Waals surface area (Å²) in [5.41, 5.74) is 0. The van der Waals surface area contributed by atoms with E-state index in [4.69, 9.17) is 19.8 Å². The monoisotopic (exact) mass is 396 g/mol. The second-order valence-corrected chi connectivity index (χ2v) is 7.91. The lowest BCUT2D eigenvalue weighted by atomic mass is 10.4. The maximum Gasteiger partial charge on any atom is 0.375 e. The molecule has 21 heavy (non-hydrogen) atoms. The van der Waals surface area contributed by atoms with E-state index in [1.807, 2.05) is 48.5 Å². The minimum Gasteiger partial charge on any atom is -0.234 e. The lowest BCUT2D eigenvalue weighted by Gasteiger charge is -2.11. The van der Waals surface area contributed by atoms with Crippen LogP contribution in [0.1, 0.15) is 0 Å². The van der Waals surface area contributed by atoms with E-state index in [9.17, 15) is 0 Å². The molecule has 0 saturated heterocycles. The molecule has 0 saturated carbocycles. The Hall–Kier alpha value is 0.440. The summed E-state index contributed by atoms with van der Waals surface area (Å²) in [5.74, 6) is 0. The van der Waals surface area contributed by atoms with Crippen molar-refractivity contribution >= 4 is 69.8 Å². The Bertz CT molecular complexity index is 540. The highest BCUT2D eigenvalue weighted by atomic mass is 35.5. The minimum absolute atomic E-state index is 0.806. The van der Waals surface area contributed by atoms with Crippen molar-refractivity contribution in [3.63, 3.8) is 0 Å². The second kappa shape index (κ2) is 9.55. The van der Waals surface area contributed by atoms with Crippen LogP contribution >= 0.6 is 69.8 Å². The van der Waals surface area contributed by atoms with Gasteiger partial charge >= 0.3 is 8.60 Å². The van der Waals surface area contributed by atoms with Crippen molar-refractivity contribution in [2.45, 2.75) is 19.6 Å². The lowest BCUT2D eigenvalue weighted by molar-refractivity contribution is 0.458. The zero-order valence-corrected chi connectivity index (χ0v) is 15.5. The van der Waals surface area contributed by atoms with E-state index in [1.165, 1.54) is 0 Å². The van der Waals surface area contributed by atoms with Gasteiger partial charge in [-0.2, -0.15) is 4.08 Å². The van der Waals surface area contributed by atoms with Gasteiger partial charge in [-0.25, -0.2) is 7.94 Å². The number of benzene rings is 2. The molecule has 0 radical (unpaired) electrons. The summed E-state index contributed by atoms with van der Waals surface area (Å²) in [4.78, 5) is 3.32. The first-order chi connectivity index (χ1) is 10.2. The number of hydrogen-bond donors (Lipinski definition) is 2. The van der Waals surface area contributed by atoms with Crippen molar-refractivity contribution < 1.29 is 12.0 Å². The number of hydrogen-bond acceptors (Lipinski definition) is 7. The van der Waals surface area contributed by atoms with Gasteiger partial charge in [0.05, 0.1) is 11.9 Å². The van der Waals surface area contributed by atoms with E-state index in [0.29, 0.717) is 0 Å². The van der Waals surface area contributed by atoms with Crippen LogP contribution in [0.3, 0.4) is 0 Å². The van der Waals surface area contributed by atoms with Crippen LogP contribution in [-0.2, 0) is 12.0 Å². The smallest absolute Gasteiger partial charge is 0.234 e. The standard InChI is InChI=1S/C12H10ClO3PS4/c13-14-17(15-20-11-7-3-1-5-9(11)18)16-21-12-8-4-2-6-10(12)19/h1-8,18-19H. The number of rotatable bonds is 7. The van der Waals surface area contributed by atoms with Gasteiger partial charge in [-0.3, -0.25) is 0 Å². The first kappa shape index (κ1) is 17.8. The molecule has 0 aliphatic heterocycles. The first-order valence-corrected chi connectivity index (χ1v) is 9.33. The van der Waals surface area contributed by atoms with Gasteiger partial charge in [0.2, 0.25) is 0 Å². The molecule has 0 atom stereocenters. The van der Waals surface area contributed by atoms with Crippen molar-refractivity contribution in [3.8, 4) is 0 Å². The van der Waals surface area contributed by atoms with Crippen LogP contribution < -0.4 is 0 Å². The van der Waals surface area contributed by atoms with Gasteiger partial charge in [-0.1, -0.05) is 24.3 Å². The second-order valence-electron chi connectivity index (χ2n) is 3.54.